The monoisotopic (exact) mass is 292 g/mol. The van der Waals surface area contributed by atoms with Crippen molar-refractivity contribution in [2.75, 3.05) is 6.54 Å². The average molecular weight is 292 g/mol. The van der Waals surface area contributed by atoms with Gasteiger partial charge in [0.05, 0.1) is 6.04 Å². The molecule has 1 N–H and O–H groups in total. The minimum Gasteiger partial charge on any atom is -0.314 e. The largest absolute Gasteiger partial charge is 0.314 e. The lowest BCUT2D eigenvalue weighted by Gasteiger charge is -2.20. The van der Waals surface area contributed by atoms with E-state index in [0.29, 0.717) is 6.54 Å². The molecule has 1 heterocycles. The summed E-state index contributed by atoms with van der Waals surface area (Å²) < 4.78 is 28.9. The third-order valence-electron chi connectivity index (χ3n) is 3.28. The number of pyridine rings is 1. The number of aromatic nitrogens is 1. The van der Waals surface area contributed by atoms with Crippen LogP contribution in [-0.2, 0) is 6.54 Å². The van der Waals surface area contributed by atoms with Gasteiger partial charge in [-0.05, 0) is 25.1 Å². The zero-order chi connectivity index (χ0) is 15.2. The summed E-state index contributed by atoms with van der Waals surface area (Å²) in [6.45, 7) is 2.89. The Morgan fingerprint density at radius 2 is 2.00 bits per heavy atom. The van der Waals surface area contributed by atoms with Crippen LogP contribution in [0.3, 0.4) is 0 Å². The van der Waals surface area contributed by atoms with Crippen LogP contribution in [0.4, 0.5) is 8.78 Å². The van der Waals surface area contributed by atoms with Crippen LogP contribution in [0.2, 0.25) is 0 Å². The predicted octanol–water partition coefficient (Wildman–Crippen LogP) is 2.87. The predicted molar refractivity (Wildman–Crippen MR) is 78.1 cm³/mol. The summed E-state index contributed by atoms with van der Waals surface area (Å²) in [4.78, 5) is 11.8. The summed E-state index contributed by atoms with van der Waals surface area (Å²) in [5, 5.41) is 3.16. The third-order valence-corrected chi connectivity index (χ3v) is 3.28. The zero-order valence-electron chi connectivity index (χ0n) is 11.9. The molecule has 112 valence electrons. The zero-order valence-corrected chi connectivity index (χ0v) is 11.9. The van der Waals surface area contributed by atoms with E-state index in [9.17, 15) is 13.6 Å². The molecule has 2 aromatic rings. The van der Waals surface area contributed by atoms with Crippen LogP contribution >= 0.6 is 0 Å². The van der Waals surface area contributed by atoms with Crippen molar-refractivity contribution in [2.45, 2.75) is 25.9 Å². The number of benzene rings is 1. The number of nitrogens with one attached hydrogen (secondary N) is 1. The van der Waals surface area contributed by atoms with Crippen molar-refractivity contribution < 1.29 is 8.78 Å². The van der Waals surface area contributed by atoms with E-state index in [1.165, 1.54) is 16.7 Å². The first kappa shape index (κ1) is 15.4. The summed E-state index contributed by atoms with van der Waals surface area (Å²) in [5.74, 6) is -1.74. The van der Waals surface area contributed by atoms with Crippen LogP contribution in [0.5, 0.6) is 0 Å². The molecule has 0 aliphatic heterocycles. The Morgan fingerprint density at radius 3 is 2.71 bits per heavy atom. The maximum atomic E-state index is 14.0. The SMILES string of the molecule is CCCNC(Cn1ccccc1=O)c1cccc(F)c1F. The molecule has 0 bridgehead atoms. The lowest BCUT2D eigenvalue weighted by Crippen LogP contribution is -2.31. The standard InChI is InChI=1S/C16H18F2N2O/c1-2-9-19-14(11-20-10-4-3-8-15(20)21)12-6-5-7-13(17)16(12)18/h3-8,10,14,19H,2,9,11H2,1H3. The fourth-order valence-electron chi connectivity index (χ4n) is 2.19. The molecule has 0 spiro atoms. The molecular formula is C16H18F2N2O. The molecule has 1 aromatic heterocycles. The molecule has 1 unspecified atom stereocenters. The van der Waals surface area contributed by atoms with Crippen LogP contribution in [-0.4, -0.2) is 11.1 Å². The van der Waals surface area contributed by atoms with Crippen LogP contribution < -0.4 is 10.9 Å². The van der Waals surface area contributed by atoms with Gasteiger partial charge in [0.25, 0.3) is 5.56 Å². The summed E-state index contributed by atoms with van der Waals surface area (Å²) in [7, 11) is 0. The van der Waals surface area contributed by atoms with Crippen molar-refractivity contribution in [3.05, 3.63) is 70.1 Å². The number of halogens is 2. The second-order valence-electron chi connectivity index (χ2n) is 4.84. The van der Waals surface area contributed by atoms with E-state index >= 15 is 0 Å². The van der Waals surface area contributed by atoms with Crippen LogP contribution in [0.1, 0.15) is 24.9 Å². The van der Waals surface area contributed by atoms with Crippen molar-refractivity contribution >= 4 is 0 Å². The minimum absolute atomic E-state index is 0.169. The molecule has 1 aromatic carbocycles. The second-order valence-corrected chi connectivity index (χ2v) is 4.84. The molecule has 0 saturated heterocycles. The van der Waals surface area contributed by atoms with Gasteiger partial charge < -0.3 is 9.88 Å². The van der Waals surface area contributed by atoms with E-state index in [4.69, 9.17) is 0 Å². The van der Waals surface area contributed by atoms with Crippen LogP contribution in [0, 0.1) is 11.6 Å². The van der Waals surface area contributed by atoms with Gasteiger partial charge >= 0.3 is 0 Å². The fourth-order valence-corrected chi connectivity index (χ4v) is 2.19. The van der Waals surface area contributed by atoms with Gasteiger partial charge in [0, 0.05) is 24.4 Å². The van der Waals surface area contributed by atoms with E-state index in [2.05, 4.69) is 5.32 Å². The highest BCUT2D eigenvalue weighted by atomic mass is 19.2. The minimum atomic E-state index is -0.879. The average Bonchev–Trinajstić information content (AvgIpc) is 2.48. The summed E-state index contributed by atoms with van der Waals surface area (Å²) >= 11 is 0. The number of hydrogen-bond donors (Lipinski definition) is 1. The molecule has 5 heteroatoms. The molecule has 0 aliphatic rings. The molecule has 1 atom stereocenters. The van der Waals surface area contributed by atoms with Crippen molar-refractivity contribution in [2.24, 2.45) is 0 Å². The summed E-state index contributed by atoms with van der Waals surface area (Å²) in [5.41, 5.74) is 0.0665. The second kappa shape index (κ2) is 7.13. The Morgan fingerprint density at radius 1 is 1.19 bits per heavy atom. The van der Waals surface area contributed by atoms with Gasteiger partial charge in [0.2, 0.25) is 0 Å². The Kier molecular flexibility index (Phi) is 5.22. The Hall–Kier alpha value is -2.01. The lowest BCUT2D eigenvalue weighted by atomic mass is 10.1. The van der Waals surface area contributed by atoms with Crippen molar-refractivity contribution in [3.8, 4) is 0 Å². The van der Waals surface area contributed by atoms with E-state index in [-0.39, 0.29) is 17.7 Å². The molecular weight excluding hydrogens is 274 g/mol. The molecule has 3 nitrogen and oxygen atoms in total. The van der Waals surface area contributed by atoms with Gasteiger partial charge in [0.1, 0.15) is 0 Å². The molecule has 2 rings (SSSR count). The van der Waals surface area contributed by atoms with E-state index in [1.54, 1.807) is 24.4 Å². The lowest BCUT2D eigenvalue weighted by molar-refractivity contribution is 0.422. The molecule has 0 radical (unpaired) electrons. The van der Waals surface area contributed by atoms with Gasteiger partial charge in [0.15, 0.2) is 11.6 Å². The molecule has 0 saturated carbocycles. The van der Waals surface area contributed by atoms with Crippen molar-refractivity contribution in [1.29, 1.82) is 0 Å². The molecule has 21 heavy (non-hydrogen) atoms. The quantitative estimate of drug-likeness (QED) is 0.888. The number of rotatable bonds is 6. The van der Waals surface area contributed by atoms with Gasteiger partial charge in [-0.2, -0.15) is 0 Å². The first-order chi connectivity index (χ1) is 10.1. The van der Waals surface area contributed by atoms with Gasteiger partial charge in [-0.1, -0.05) is 25.1 Å². The first-order valence-corrected chi connectivity index (χ1v) is 6.96. The highest BCUT2D eigenvalue weighted by Crippen LogP contribution is 2.20. The van der Waals surface area contributed by atoms with Gasteiger partial charge in [-0.25, -0.2) is 8.78 Å². The van der Waals surface area contributed by atoms with E-state index in [1.807, 2.05) is 6.92 Å². The summed E-state index contributed by atoms with van der Waals surface area (Å²) in [6.07, 6.45) is 2.50. The van der Waals surface area contributed by atoms with Crippen LogP contribution in [0.25, 0.3) is 0 Å². The third kappa shape index (κ3) is 3.76. The maximum absolute atomic E-state index is 14.0. The van der Waals surface area contributed by atoms with E-state index in [0.717, 1.165) is 12.5 Å². The van der Waals surface area contributed by atoms with E-state index < -0.39 is 17.7 Å². The number of nitrogens with zero attached hydrogens (tertiary/aromatic N) is 1. The van der Waals surface area contributed by atoms with Crippen molar-refractivity contribution in [3.63, 3.8) is 0 Å². The van der Waals surface area contributed by atoms with Gasteiger partial charge in [-0.3, -0.25) is 4.79 Å². The first-order valence-electron chi connectivity index (χ1n) is 6.96. The normalized spacial score (nSPS) is 12.3. The Bertz CT molecular complexity index is 655. The maximum Gasteiger partial charge on any atom is 0.250 e. The van der Waals surface area contributed by atoms with Crippen LogP contribution in [0.15, 0.2) is 47.4 Å². The summed E-state index contributed by atoms with van der Waals surface area (Å²) in [6, 6.07) is 8.47. The highest BCUT2D eigenvalue weighted by molar-refractivity contribution is 5.22. The molecule has 0 aliphatic carbocycles. The smallest absolute Gasteiger partial charge is 0.250 e. The fraction of sp³-hybridized carbons (Fsp3) is 0.312. The van der Waals surface area contributed by atoms with Crippen molar-refractivity contribution in [1.82, 2.24) is 9.88 Å². The molecule has 0 fully saturated rings. The van der Waals surface area contributed by atoms with Gasteiger partial charge in [-0.15, -0.1) is 0 Å². The topological polar surface area (TPSA) is 34.0 Å². The molecule has 0 amide bonds. The highest BCUT2D eigenvalue weighted by Gasteiger charge is 2.18. The Labute approximate surface area is 122 Å². The number of hydrogen-bond acceptors (Lipinski definition) is 2. The Balaban J connectivity index is 2.32.